The molecule has 4 aromatic rings. The first-order valence-corrected chi connectivity index (χ1v) is 9.79. The zero-order chi connectivity index (χ0) is 22.1. The van der Waals surface area contributed by atoms with E-state index in [2.05, 4.69) is 25.8 Å². The molecule has 3 aromatic carbocycles. The van der Waals surface area contributed by atoms with Crippen LogP contribution < -0.4 is 10.4 Å². The minimum absolute atomic E-state index is 0.0502. The summed E-state index contributed by atoms with van der Waals surface area (Å²) >= 11 is 3.21. The predicted octanol–water partition coefficient (Wildman–Crippen LogP) is 6.56. The lowest BCUT2D eigenvalue weighted by molar-refractivity contribution is 0.151. The van der Waals surface area contributed by atoms with Crippen molar-refractivity contribution in [2.75, 3.05) is 0 Å². The number of alkyl halides is 2. The van der Waals surface area contributed by atoms with Gasteiger partial charge >= 0.3 is 5.69 Å². The van der Waals surface area contributed by atoms with Gasteiger partial charge in [0.2, 0.25) is 0 Å². The summed E-state index contributed by atoms with van der Waals surface area (Å²) in [5.41, 5.74) is 0.561. The van der Waals surface area contributed by atoms with Gasteiger partial charge in [-0.05, 0) is 52.3 Å². The molecule has 0 aliphatic rings. The monoisotopic (exact) mass is 487 g/mol. The van der Waals surface area contributed by atoms with Gasteiger partial charge in [-0.3, -0.25) is 4.57 Å². The molecule has 0 aliphatic carbocycles. The number of benzene rings is 3. The van der Waals surface area contributed by atoms with Gasteiger partial charge in [0.25, 0.3) is 6.43 Å². The topological polar surface area (TPSA) is 51.4 Å². The molecule has 0 aliphatic heterocycles. The number of hydrogen-bond donors (Lipinski definition) is 1. The van der Waals surface area contributed by atoms with E-state index in [9.17, 15) is 13.6 Å². The smallest absolute Gasteiger partial charge is 0.326 e. The molecule has 5 nitrogen and oxygen atoms in total. The van der Waals surface area contributed by atoms with Crippen LogP contribution in [0.15, 0.2) is 63.9 Å². The lowest BCUT2D eigenvalue weighted by Gasteiger charge is -2.14. The Kier molecular flexibility index (Phi) is 5.57. The second kappa shape index (κ2) is 8.32. The summed E-state index contributed by atoms with van der Waals surface area (Å²) in [7, 11) is 0. The average Bonchev–Trinajstić information content (AvgIpc) is 3.07. The normalized spacial score (nSPS) is 11.1. The second-order valence-electron chi connectivity index (χ2n) is 6.66. The fourth-order valence-electron chi connectivity index (χ4n) is 3.20. The Morgan fingerprint density at radius 2 is 1.94 bits per heavy atom. The Hall–Kier alpha value is -3.51. The standard InChI is InChI=1S/C22H13BrF3N3O2/c1-27-14-8-13(21(25)26)9-15(10-14)31-20-16(23)7-6-12(19(20)24)11-29-18-5-3-2-4-17(18)28-22(29)30/h2-10,21H,11H2,(H,28,30). The Morgan fingerprint density at radius 1 is 1.16 bits per heavy atom. The van der Waals surface area contributed by atoms with E-state index in [0.29, 0.717) is 11.0 Å². The van der Waals surface area contributed by atoms with Gasteiger partial charge in [0.15, 0.2) is 17.3 Å². The fraction of sp³-hybridized carbons (Fsp3) is 0.0909. The summed E-state index contributed by atoms with van der Waals surface area (Å²) in [4.78, 5) is 18.2. The number of H-pyrrole nitrogens is 1. The van der Waals surface area contributed by atoms with Crippen LogP contribution in [0.25, 0.3) is 15.9 Å². The molecule has 4 rings (SSSR count). The number of hydrogen-bond acceptors (Lipinski definition) is 2. The molecule has 0 bridgehead atoms. The van der Waals surface area contributed by atoms with E-state index in [1.54, 1.807) is 30.3 Å². The molecule has 1 aromatic heterocycles. The third kappa shape index (κ3) is 4.07. The van der Waals surface area contributed by atoms with Crippen molar-refractivity contribution >= 4 is 32.7 Å². The molecule has 0 amide bonds. The predicted molar refractivity (Wildman–Crippen MR) is 113 cm³/mol. The molecule has 0 spiro atoms. The molecule has 1 heterocycles. The number of para-hydroxylation sites is 2. The van der Waals surface area contributed by atoms with E-state index in [0.717, 1.165) is 12.1 Å². The van der Waals surface area contributed by atoms with E-state index < -0.39 is 23.5 Å². The zero-order valence-electron chi connectivity index (χ0n) is 15.7. The second-order valence-corrected chi connectivity index (χ2v) is 7.51. The van der Waals surface area contributed by atoms with Crippen LogP contribution in [0, 0.1) is 12.4 Å². The van der Waals surface area contributed by atoms with Gasteiger partial charge in [0, 0.05) is 11.1 Å². The number of aromatic amines is 1. The molecule has 0 unspecified atom stereocenters. The molecule has 31 heavy (non-hydrogen) atoms. The molecule has 1 N–H and O–H groups in total. The minimum atomic E-state index is -2.81. The van der Waals surface area contributed by atoms with E-state index in [-0.39, 0.29) is 33.8 Å². The molecule has 0 saturated heterocycles. The molecular formula is C22H13BrF3N3O2. The van der Waals surface area contributed by atoms with Gasteiger partial charge in [-0.1, -0.05) is 18.2 Å². The highest BCUT2D eigenvalue weighted by atomic mass is 79.9. The van der Waals surface area contributed by atoms with Gasteiger partial charge < -0.3 is 9.72 Å². The Balaban J connectivity index is 1.74. The van der Waals surface area contributed by atoms with Crippen molar-refractivity contribution in [2.24, 2.45) is 0 Å². The van der Waals surface area contributed by atoms with E-state index in [1.807, 2.05) is 0 Å². The summed E-state index contributed by atoms with van der Waals surface area (Å²) in [6.45, 7) is 7.01. The molecule has 156 valence electrons. The van der Waals surface area contributed by atoms with Crippen LogP contribution in [-0.4, -0.2) is 9.55 Å². The first-order valence-electron chi connectivity index (χ1n) is 9.00. The summed E-state index contributed by atoms with van der Waals surface area (Å²) < 4.78 is 48.7. The number of ether oxygens (including phenoxy) is 1. The summed E-state index contributed by atoms with van der Waals surface area (Å²) in [6, 6.07) is 13.4. The van der Waals surface area contributed by atoms with Crippen molar-refractivity contribution in [3.8, 4) is 11.5 Å². The maximum Gasteiger partial charge on any atom is 0.326 e. The van der Waals surface area contributed by atoms with Crippen molar-refractivity contribution in [2.45, 2.75) is 13.0 Å². The number of rotatable bonds is 5. The van der Waals surface area contributed by atoms with Crippen LogP contribution in [0.2, 0.25) is 0 Å². The molecule has 0 radical (unpaired) electrons. The number of fused-ring (bicyclic) bond motifs is 1. The van der Waals surface area contributed by atoms with Crippen LogP contribution in [0.1, 0.15) is 17.6 Å². The zero-order valence-corrected chi connectivity index (χ0v) is 17.3. The van der Waals surface area contributed by atoms with Crippen molar-refractivity contribution in [1.82, 2.24) is 9.55 Å². The Labute approximate surface area is 182 Å². The highest BCUT2D eigenvalue weighted by Crippen LogP contribution is 2.37. The molecule has 9 heteroatoms. The van der Waals surface area contributed by atoms with Gasteiger partial charge in [0.1, 0.15) is 5.75 Å². The number of nitrogens with one attached hydrogen (secondary N) is 1. The SMILES string of the molecule is [C-]#[N+]c1cc(Oc2c(Br)ccc(Cn3c(=O)[nH]c4ccccc43)c2F)cc(C(F)F)c1. The van der Waals surface area contributed by atoms with Crippen molar-refractivity contribution in [1.29, 1.82) is 0 Å². The van der Waals surface area contributed by atoms with Crippen LogP contribution in [0.4, 0.5) is 18.9 Å². The maximum absolute atomic E-state index is 15.3. The first-order chi connectivity index (χ1) is 14.9. The lowest BCUT2D eigenvalue weighted by Crippen LogP contribution is -2.18. The number of aromatic nitrogens is 2. The highest BCUT2D eigenvalue weighted by Gasteiger charge is 2.18. The van der Waals surface area contributed by atoms with Crippen molar-refractivity contribution in [3.05, 3.63) is 97.9 Å². The fourth-order valence-corrected chi connectivity index (χ4v) is 3.58. The lowest BCUT2D eigenvalue weighted by atomic mass is 10.1. The maximum atomic E-state index is 15.3. The third-order valence-corrected chi connectivity index (χ3v) is 5.28. The number of nitrogens with zero attached hydrogens (tertiary/aromatic N) is 2. The van der Waals surface area contributed by atoms with Crippen LogP contribution in [-0.2, 0) is 6.54 Å². The highest BCUT2D eigenvalue weighted by molar-refractivity contribution is 9.10. The third-order valence-electron chi connectivity index (χ3n) is 4.65. The molecule has 0 fully saturated rings. The van der Waals surface area contributed by atoms with E-state index in [1.165, 1.54) is 16.7 Å². The van der Waals surface area contributed by atoms with Crippen LogP contribution >= 0.6 is 15.9 Å². The Morgan fingerprint density at radius 3 is 2.68 bits per heavy atom. The van der Waals surface area contributed by atoms with Gasteiger partial charge in [-0.15, -0.1) is 0 Å². The summed E-state index contributed by atoms with van der Waals surface area (Å²) in [5, 5.41) is 0. The minimum Gasteiger partial charge on any atom is -0.454 e. The van der Waals surface area contributed by atoms with E-state index >= 15 is 4.39 Å². The Bertz CT molecular complexity index is 1390. The first kappa shape index (κ1) is 20.8. The summed E-state index contributed by atoms with van der Waals surface area (Å²) in [5.74, 6) is -1.07. The number of halogens is 4. The van der Waals surface area contributed by atoms with Crippen LogP contribution in [0.3, 0.4) is 0 Å². The average molecular weight is 488 g/mol. The quantitative estimate of drug-likeness (QED) is 0.324. The van der Waals surface area contributed by atoms with Gasteiger partial charge in [-0.2, -0.15) is 0 Å². The van der Waals surface area contributed by atoms with Crippen molar-refractivity contribution < 1.29 is 17.9 Å². The number of imidazole rings is 1. The summed E-state index contributed by atoms with van der Waals surface area (Å²) in [6.07, 6.45) is -2.81. The largest absolute Gasteiger partial charge is 0.454 e. The molecule has 0 saturated carbocycles. The van der Waals surface area contributed by atoms with Gasteiger partial charge in [0.05, 0.1) is 28.6 Å². The van der Waals surface area contributed by atoms with Crippen molar-refractivity contribution in [3.63, 3.8) is 0 Å². The van der Waals surface area contributed by atoms with Crippen LogP contribution in [0.5, 0.6) is 11.5 Å². The molecular weight excluding hydrogens is 475 g/mol. The van der Waals surface area contributed by atoms with E-state index in [4.69, 9.17) is 11.3 Å². The molecule has 0 atom stereocenters. The van der Waals surface area contributed by atoms with Gasteiger partial charge in [-0.25, -0.2) is 22.8 Å².